The van der Waals surface area contributed by atoms with Gasteiger partial charge >= 0.3 is 5.97 Å². The number of hydrogen-bond acceptors (Lipinski definition) is 19. The number of hydrogen-bond donors (Lipinski definition) is 26. The van der Waals surface area contributed by atoms with Crippen LogP contribution in [-0.2, 0) is 30.5 Å². The second-order valence-electron chi connectivity index (χ2n) is 27.7. The summed E-state index contributed by atoms with van der Waals surface area (Å²) in [4.78, 5) is 71.2. The van der Waals surface area contributed by atoms with E-state index in [0.717, 1.165) is 10.9 Å². The van der Waals surface area contributed by atoms with Crippen LogP contribution in [0.5, 0.6) is 0 Å². The largest absolute Gasteiger partial charge is 0.497 e. The Morgan fingerprint density at radius 3 is 1.13 bits per heavy atom. The Labute approximate surface area is 664 Å². The molecular weight excluding hydrogens is 1500 g/mol. The zero-order chi connectivity index (χ0) is 84.3. The number of H-pyrrole nitrogens is 4. The number of quaternary nitrogens is 1. The number of aliphatic carboxylic acids is 1. The number of unbranched alkanes of at least 4 members (excludes halogenated alkanes) is 2. The topological polar surface area (TPSA) is 687 Å². The molecule has 38 heteroatoms. The summed E-state index contributed by atoms with van der Waals surface area (Å²) in [7, 11) is 0. The molecule has 0 saturated heterocycles. The van der Waals surface area contributed by atoms with E-state index in [1.54, 1.807) is 104 Å². The number of carboxylic acid groups (broad SMARTS) is 1. The molecular formula is C78H103N20O18+. The zero-order valence-corrected chi connectivity index (χ0v) is 63.9. The fraction of sp³-hybridized carbons (Fsp3) is 0.410. The summed E-state index contributed by atoms with van der Waals surface area (Å²) in [6.45, 7) is 1.41. The third kappa shape index (κ3) is 25.2. The van der Waals surface area contributed by atoms with Gasteiger partial charge in [0.25, 0.3) is 0 Å². The number of aliphatic hydroxyl groups excluding tert-OH is 16. The first kappa shape index (κ1) is 88.9. The molecule has 4 aromatic carbocycles. The lowest BCUT2D eigenvalue weighted by atomic mass is 10.0. The predicted molar refractivity (Wildman–Crippen MR) is 447 cm³/mol. The fourth-order valence-corrected chi connectivity index (χ4v) is 12.7. The van der Waals surface area contributed by atoms with E-state index in [2.05, 4.69) is 80.6 Å². The number of aliphatic hydroxyl groups is 16. The van der Waals surface area contributed by atoms with Crippen LogP contribution in [0.1, 0.15) is 93.9 Å². The Kier molecular flexibility index (Phi) is 33.0. The molecule has 0 amide bonds. The first-order valence-electron chi connectivity index (χ1n) is 37.5. The number of nitrogens with one attached hydrogen (secondary N) is 6. The number of aromatic nitrogens is 4. The maximum Gasteiger partial charge on any atom is 0.303 e. The second-order valence-corrected chi connectivity index (χ2v) is 27.7. The minimum absolute atomic E-state index is 0.130. The smallest absolute Gasteiger partial charge is 0.303 e. The zero-order valence-electron chi connectivity index (χ0n) is 63.9. The van der Waals surface area contributed by atoms with Crippen LogP contribution in [0, 0.1) is 10.8 Å². The van der Waals surface area contributed by atoms with Gasteiger partial charge in [0, 0.05) is 101 Å². The molecule has 4 heterocycles. The Morgan fingerprint density at radius 2 is 0.759 bits per heavy atom. The van der Waals surface area contributed by atoms with Crippen LogP contribution in [0.25, 0.3) is 43.6 Å². The van der Waals surface area contributed by atoms with E-state index < -0.39 is 194 Å². The average molecular weight is 1610 g/mol. The van der Waals surface area contributed by atoms with Crippen LogP contribution >= 0.6 is 0 Å². The molecule has 8 aromatic rings. The van der Waals surface area contributed by atoms with Gasteiger partial charge < -0.3 is 124 Å². The van der Waals surface area contributed by atoms with Gasteiger partial charge in [-0.15, -0.1) is 0 Å². The Balaban J connectivity index is 1.13. The van der Waals surface area contributed by atoms with Crippen molar-refractivity contribution < 1.29 is 97.3 Å². The maximum absolute atomic E-state index is 12.2. The van der Waals surface area contributed by atoms with E-state index >= 15 is 0 Å². The number of aliphatic imine (C=N–C) groups is 11. The van der Waals surface area contributed by atoms with Crippen LogP contribution in [0.3, 0.4) is 0 Å². The van der Waals surface area contributed by atoms with Gasteiger partial charge in [-0.25, -0.2) is 54.9 Å². The number of benzene rings is 4. The summed E-state index contributed by atoms with van der Waals surface area (Å²) in [5.74, 6) is -13.4. The van der Waals surface area contributed by atoms with Crippen molar-refractivity contribution in [3.63, 3.8) is 0 Å². The summed E-state index contributed by atoms with van der Waals surface area (Å²) < 4.78 is 0. The van der Waals surface area contributed by atoms with Crippen LogP contribution in [0.4, 0.5) is 0 Å². The van der Waals surface area contributed by atoms with E-state index in [9.17, 15) is 91.6 Å². The van der Waals surface area contributed by atoms with Crippen molar-refractivity contribution in [1.82, 2.24) is 19.9 Å². The molecule has 0 aliphatic heterocycles. The third-order valence-electron chi connectivity index (χ3n) is 18.9. The molecule has 30 N–H and O–H groups in total. The van der Waals surface area contributed by atoms with Crippen LogP contribution < -0.4 is 17.2 Å². The Hall–Kier alpha value is -12.6. The molecule has 13 atom stereocenters. The first-order valence-corrected chi connectivity index (χ1v) is 37.5. The Morgan fingerprint density at radius 1 is 0.422 bits per heavy atom. The van der Waals surface area contributed by atoms with Crippen molar-refractivity contribution >= 4 is 126 Å². The molecule has 0 saturated carbocycles. The molecule has 38 nitrogen and oxygen atoms in total. The van der Waals surface area contributed by atoms with Gasteiger partial charge in [-0.2, -0.15) is 0 Å². The quantitative estimate of drug-likeness (QED) is 0.0103. The minimum Gasteiger partial charge on any atom is -0.497 e. The van der Waals surface area contributed by atoms with Crippen LogP contribution in [-0.4, -0.2) is 294 Å². The number of para-hydroxylation sites is 4. The molecule has 0 spiro atoms. The number of nitrogens with zero attached hydrogens (tertiary/aromatic N) is 11. The van der Waals surface area contributed by atoms with Gasteiger partial charge in [0.2, 0.25) is 70.8 Å². The van der Waals surface area contributed by atoms with Gasteiger partial charge in [0.15, 0.2) is 18.0 Å². The fourth-order valence-electron chi connectivity index (χ4n) is 12.7. The SMILES string of the molecule is C[C@@H](O)[C@H](N=C(O)[C@H](Cc1c[nH]c2ccccc12)N=C(O)[C@H](CCCCN)N=C(O)[C@H](CC(=N)O)N=C(O)CN=C(O)[C@H](CCC(=O)O)N=C(O)[C@H](Cc1c[nH]c2ccccc12)N=C(O)[C@@H](N=C(O)[C@H](Cc1c[nH]c2ccccc12)N=C(O)[C@@H](N)CO)[C@@H](C)O)C(O)=N[C@@H](Cc1c[nH]c2ccccc12)C(O)=N[C@@H](CCCC[NH3+])C(=N)O. The molecule has 0 aliphatic carbocycles. The summed E-state index contributed by atoms with van der Waals surface area (Å²) in [6.07, 6.45) is 1.85. The van der Waals surface area contributed by atoms with Gasteiger partial charge in [-0.1, -0.05) is 72.8 Å². The number of fused-ring (bicyclic) bond motifs is 4. The lowest BCUT2D eigenvalue weighted by molar-refractivity contribution is -0.368. The molecule has 4 aromatic heterocycles. The molecule has 622 valence electrons. The number of rotatable bonds is 47. The van der Waals surface area contributed by atoms with Crippen molar-refractivity contribution in [3.8, 4) is 0 Å². The van der Waals surface area contributed by atoms with Crippen molar-refractivity contribution in [2.24, 2.45) is 66.4 Å². The number of nitrogens with two attached hydrogens (primary N) is 2. The number of carbonyl (C=O) groups is 1. The van der Waals surface area contributed by atoms with Crippen molar-refractivity contribution in [3.05, 3.63) is 144 Å². The van der Waals surface area contributed by atoms with Gasteiger partial charge in [-0.3, -0.25) is 15.6 Å². The highest BCUT2D eigenvalue weighted by Gasteiger charge is 2.33. The summed E-state index contributed by atoms with van der Waals surface area (Å²) in [6, 6.07) is 10.8. The highest BCUT2D eigenvalue weighted by atomic mass is 16.4. The van der Waals surface area contributed by atoms with Crippen molar-refractivity contribution in [2.45, 2.75) is 176 Å². The van der Waals surface area contributed by atoms with E-state index in [1.165, 1.54) is 13.8 Å². The number of aromatic amines is 4. The molecule has 0 radical (unpaired) electrons. The standard InChI is InChI=1S/C78H102N20O18/c1-40(100)66(97-75(113)60(93-69(107)50(81)39-99)31-44-36-86-53-21-9-5-17-48(44)53)78(116)96-59(30-43-35-85-52-20-8-4-16-47(43)52)73(111)92-57(25-26-65(104)105)70(108)88-38-64(103)89-62(33-63(82)102)74(112)91-56(24-12-14-28-80)71(109)94-61(32-45-37-87-54-22-10-6-18-49(45)54)76(114)98-67(41(2)101)77(115)95-58(29-42-34-84-51-19-7-3-15-46(42)51)72(110)90-55(68(83)106)23-11-13-27-79/h3-10,15-22,34-37,40-41,50,55-62,66-67,84-87,99-101H,11-14,23-33,38-39,79-81H2,1-2H3,(H2,82,102)(H2,83,106)(H,88,108)(H,89,103)(H,90,110)(H,91,112)(H,92,111)(H,93,107)(H,94,109)(H,95,115)(H,96,116)(H,97,113)(H,98,114)(H,104,105)/p+1/t40-,41-,50+,55+,56+,57+,58+,59+,60+,61+,62+,66+,67+/m1/s1. The molecule has 116 heavy (non-hydrogen) atoms. The maximum atomic E-state index is 12.2. The van der Waals surface area contributed by atoms with Crippen LogP contribution in [0.2, 0.25) is 0 Å². The van der Waals surface area contributed by atoms with Crippen molar-refractivity contribution in [2.75, 3.05) is 26.2 Å². The van der Waals surface area contributed by atoms with E-state index in [-0.39, 0.29) is 51.5 Å². The van der Waals surface area contributed by atoms with E-state index in [1.807, 2.05) is 18.2 Å². The monoisotopic (exact) mass is 1610 g/mol. The molecule has 0 fully saturated rings. The second kappa shape index (κ2) is 43.0. The summed E-state index contributed by atoms with van der Waals surface area (Å²) in [5, 5.41) is 211. The van der Waals surface area contributed by atoms with Crippen LogP contribution in [0.15, 0.2) is 177 Å². The van der Waals surface area contributed by atoms with Gasteiger partial charge in [0.05, 0.1) is 31.8 Å². The van der Waals surface area contributed by atoms with Gasteiger partial charge in [0.1, 0.15) is 60.9 Å². The highest BCUT2D eigenvalue weighted by molar-refractivity contribution is 5.97. The lowest BCUT2D eigenvalue weighted by Gasteiger charge is -2.20. The molecule has 8 rings (SSSR count). The highest BCUT2D eigenvalue weighted by Crippen LogP contribution is 2.27. The minimum atomic E-state index is -1.86. The molecule has 0 unspecified atom stereocenters. The molecule has 0 bridgehead atoms. The van der Waals surface area contributed by atoms with Crippen molar-refractivity contribution in [1.29, 1.82) is 10.8 Å². The third-order valence-corrected chi connectivity index (χ3v) is 18.9. The van der Waals surface area contributed by atoms with E-state index in [4.69, 9.17) is 22.3 Å². The summed E-state index contributed by atoms with van der Waals surface area (Å²) in [5.41, 5.74) is 20.5. The molecule has 0 aliphatic rings. The predicted octanol–water partition coefficient (Wildman–Crippen LogP) is 7.04. The lowest BCUT2D eigenvalue weighted by Crippen LogP contribution is -2.50. The number of carboxylic acids is 1. The van der Waals surface area contributed by atoms with Gasteiger partial charge in [-0.05, 0) is 112 Å². The van der Waals surface area contributed by atoms with E-state index in [0.29, 0.717) is 80.8 Å². The average Bonchev–Trinajstić information content (AvgIpc) is 1.64. The normalized spacial score (nSPS) is 17.2. The first-order chi connectivity index (χ1) is 55.5. The summed E-state index contributed by atoms with van der Waals surface area (Å²) >= 11 is 0. The Bertz CT molecular complexity index is 4990.